The summed E-state index contributed by atoms with van der Waals surface area (Å²) in [5.41, 5.74) is 3.33. The fourth-order valence-corrected chi connectivity index (χ4v) is 5.07. The van der Waals surface area contributed by atoms with E-state index in [4.69, 9.17) is 4.98 Å². The molecule has 0 bridgehead atoms. The van der Waals surface area contributed by atoms with Crippen LogP contribution in [0.5, 0.6) is 0 Å². The van der Waals surface area contributed by atoms with E-state index in [0.29, 0.717) is 19.0 Å². The Kier molecular flexibility index (Phi) is 8.71. The minimum absolute atomic E-state index is 0.144. The van der Waals surface area contributed by atoms with Crippen molar-refractivity contribution in [2.45, 2.75) is 71.2 Å². The van der Waals surface area contributed by atoms with E-state index in [-0.39, 0.29) is 18.1 Å². The third kappa shape index (κ3) is 7.14. The Bertz CT molecular complexity index is 1160. The maximum atomic E-state index is 12.4. The normalized spacial score (nSPS) is 14.6. The van der Waals surface area contributed by atoms with Gasteiger partial charge in [-0.3, -0.25) is 0 Å². The number of thiazole rings is 1. The molecule has 0 spiro atoms. The maximum Gasteiger partial charge on any atom is 0.315 e. The van der Waals surface area contributed by atoms with Gasteiger partial charge in [-0.2, -0.15) is 0 Å². The van der Waals surface area contributed by atoms with Gasteiger partial charge >= 0.3 is 6.03 Å². The second kappa shape index (κ2) is 12.1. The zero-order chi connectivity index (χ0) is 25.5. The van der Waals surface area contributed by atoms with E-state index >= 15 is 0 Å². The van der Waals surface area contributed by atoms with E-state index in [1.165, 1.54) is 24.2 Å². The van der Waals surface area contributed by atoms with Crippen molar-refractivity contribution in [3.8, 4) is 21.8 Å². The van der Waals surface area contributed by atoms with Gasteiger partial charge in [-0.05, 0) is 45.2 Å². The highest BCUT2D eigenvalue weighted by Gasteiger charge is 2.18. The molecule has 1 aromatic carbocycles. The number of nitrogens with zero attached hydrogens (tertiary/aromatic N) is 3. The number of rotatable bonds is 10. The lowest BCUT2D eigenvalue weighted by Gasteiger charge is -2.15. The minimum atomic E-state index is -0.541. The van der Waals surface area contributed by atoms with Gasteiger partial charge in [-0.25, -0.2) is 19.7 Å². The summed E-state index contributed by atoms with van der Waals surface area (Å²) in [5.74, 6) is 0.428. The summed E-state index contributed by atoms with van der Waals surface area (Å²) in [4.78, 5) is 27.3. The van der Waals surface area contributed by atoms with Gasteiger partial charge < -0.3 is 26.4 Å². The monoisotopic (exact) mass is 509 g/mol. The molecule has 2 heterocycles. The van der Waals surface area contributed by atoms with Crippen LogP contribution in [0.4, 0.5) is 15.9 Å². The van der Waals surface area contributed by atoms with E-state index in [0.717, 1.165) is 45.4 Å². The number of aromatic nitrogens is 3. The number of aliphatic hydroxyl groups excluding tert-OH is 1. The Morgan fingerprint density at radius 1 is 1.14 bits per heavy atom. The number of anilines is 2. The van der Waals surface area contributed by atoms with E-state index in [1.807, 2.05) is 30.3 Å². The van der Waals surface area contributed by atoms with Crippen molar-refractivity contribution in [2.24, 2.45) is 0 Å². The number of nitrogens with one attached hydrogen (secondary N) is 4. The fraction of sp³-hybridized carbons (Fsp3) is 0.462. The second-order valence-electron chi connectivity index (χ2n) is 9.49. The molecule has 1 saturated carbocycles. The highest BCUT2D eigenvalue weighted by molar-refractivity contribution is 7.18. The van der Waals surface area contributed by atoms with Crippen molar-refractivity contribution < 1.29 is 9.90 Å². The van der Waals surface area contributed by atoms with Gasteiger partial charge in [-0.1, -0.05) is 48.4 Å². The minimum Gasteiger partial charge on any atom is -0.392 e. The maximum absolute atomic E-state index is 12.4. The Balaban J connectivity index is 1.60. The number of hydrogen-bond donors (Lipinski definition) is 5. The van der Waals surface area contributed by atoms with Gasteiger partial charge in [0, 0.05) is 36.9 Å². The highest BCUT2D eigenvalue weighted by Crippen LogP contribution is 2.32. The zero-order valence-electron chi connectivity index (χ0n) is 21.0. The topological polar surface area (TPSA) is 124 Å². The van der Waals surface area contributed by atoms with Crippen LogP contribution in [0.25, 0.3) is 21.8 Å². The number of urea groups is 1. The Morgan fingerprint density at radius 3 is 2.64 bits per heavy atom. The molecule has 36 heavy (non-hydrogen) atoms. The molecule has 5 N–H and O–H groups in total. The SMILES string of the molecule is CC(O)CNc1nc(-c2cnc(NC(C)C)s2)cc(-c2ccccc2CNC(=O)NC2CCCC2)n1. The molecule has 2 amide bonds. The molecule has 0 saturated heterocycles. The van der Waals surface area contributed by atoms with Crippen molar-refractivity contribution in [2.75, 3.05) is 17.2 Å². The lowest BCUT2D eigenvalue weighted by atomic mass is 10.0. The van der Waals surface area contributed by atoms with Crippen LogP contribution >= 0.6 is 11.3 Å². The summed E-state index contributed by atoms with van der Waals surface area (Å²) in [6.07, 6.45) is 5.69. The lowest BCUT2D eigenvalue weighted by molar-refractivity contribution is 0.208. The summed E-state index contributed by atoms with van der Waals surface area (Å²) in [6, 6.07) is 10.2. The Hall–Kier alpha value is -3.24. The zero-order valence-corrected chi connectivity index (χ0v) is 21.9. The molecular weight excluding hydrogens is 474 g/mol. The predicted octanol–water partition coefficient (Wildman–Crippen LogP) is 4.62. The molecule has 1 aliphatic carbocycles. The first-order chi connectivity index (χ1) is 17.4. The van der Waals surface area contributed by atoms with Crippen LogP contribution in [0.3, 0.4) is 0 Å². The van der Waals surface area contributed by atoms with Crippen LogP contribution in [0.2, 0.25) is 0 Å². The standard InChI is InChI=1S/C26H35N7O2S/c1-16(2)30-26-29-15-23(36-26)22-12-21(32-24(33-22)27-13-17(3)34)20-11-7-4-8-18(20)14-28-25(35)31-19-9-5-6-10-19/h4,7-8,11-12,15-17,19,34H,5-6,9-10,13-14H2,1-3H3,(H,29,30)(H,27,32,33)(H2,28,31,35). The number of carbonyl (C=O) groups excluding carboxylic acids is 1. The Labute approximate surface area is 216 Å². The fourth-order valence-electron chi connectivity index (χ4n) is 4.14. The first-order valence-corrected chi connectivity index (χ1v) is 13.4. The van der Waals surface area contributed by atoms with Gasteiger partial charge in [0.2, 0.25) is 5.95 Å². The molecule has 1 fully saturated rings. The first-order valence-electron chi connectivity index (χ1n) is 12.5. The van der Waals surface area contributed by atoms with Crippen LogP contribution in [-0.2, 0) is 6.54 Å². The van der Waals surface area contributed by atoms with Crippen molar-refractivity contribution in [1.29, 1.82) is 0 Å². The molecule has 0 radical (unpaired) electrons. The summed E-state index contributed by atoms with van der Waals surface area (Å²) in [5, 5.41) is 23.1. The number of aliphatic hydroxyl groups is 1. The van der Waals surface area contributed by atoms with Crippen molar-refractivity contribution in [3.63, 3.8) is 0 Å². The Morgan fingerprint density at radius 2 is 1.89 bits per heavy atom. The largest absolute Gasteiger partial charge is 0.392 e. The number of carbonyl (C=O) groups is 1. The third-order valence-electron chi connectivity index (χ3n) is 5.88. The van der Waals surface area contributed by atoms with Gasteiger partial charge in [-0.15, -0.1) is 0 Å². The van der Waals surface area contributed by atoms with Gasteiger partial charge in [0.05, 0.1) is 22.4 Å². The summed E-state index contributed by atoms with van der Waals surface area (Å²) in [7, 11) is 0. The quantitative estimate of drug-likeness (QED) is 0.270. The second-order valence-corrected chi connectivity index (χ2v) is 10.5. The summed E-state index contributed by atoms with van der Waals surface area (Å²) >= 11 is 1.53. The van der Waals surface area contributed by atoms with E-state index in [9.17, 15) is 9.90 Å². The van der Waals surface area contributed by atoms with Crippen LogP contribution in [-0.4, -0.2) is 50.8 Å². The summed E-state index contributed by atoms with van der Waals surface area (Å²) in [6.45, 7) is 6.56. The van der Waals surface area contributed by atoms with Crippen molar-refractivity contribution >= 4 is 28.4 Å². The van der Waals surface area contributed by atoms with E-state index < -0.39 is 6.10 Å². The molecule has 1 atom stereocenters. The first kappa shape index (κ1) is 25.8. The van der Waals surface area contributed by atoms with Crippen molar-refractivity contribution in [3.05, 3.63) is 42.1 Å². The molecule has 2 aromatic heterocycles. The molecule has 10 heteroatoms. The van der Waals surface area contributed by atoms with Crippen LogP contribution < -0.4 is 21.3 Å². The number of hydrogen-bond acceptors (Lipinski definition) is 8. The molecule has 192 valence electrons. The van der Waals surface area contributed by atoms with Gasteiger partial charge in [0.15, 0.2) is 5.13 Å². The van der Waals surface area contributed by atoms with Crippen LogP contribution in [0.1, 0.15) is 52.0 Å². The molecule has 9 nitrogen and oxygen atoms in total. The molecule has 1 unspecified atom stereocenters. The summed E-state index contributed by atoms with van der Waals surface area (Å²) < 4.78 is 0. The molecule has 0 aliphatic heterocycles. The molecular formula is C26H35N7O2S. The molecule has 3 aromatic rings. The smallest absolute Gasteiger partial charge is 0.315 e. The highest BCUT2D eigenvalue weighted by atomic mass is 32.1. The third-order valence-corrected chi connectivity index (χ3v) is 6.83. The molecule has 4 rings (SSSR count). The van der Waals surface area contributed by atoms with E-state index in [1.54, 1.807) is 13.1 Å². The van der Waals surface area contributed by atoms with Gasteiger partial charge in [0.1, 0.15) is 0 Å². The van der Waals surface area contributed by atoms with Gasteiger partial charge in [0.25, 0.3) is 0 Å². The number of benzene rings is 1. The van der Waals surface area contributed by atoms with Crippen LogP contribution in [0.15, 0.2) is 36.5 Å². The van der Waals surface area contributed by atoms with Crippen LogP contribution in [0, 0.1) is 0 Å². The average Bonchev–Trinajstić information content (AvgIpc) is 3.53. The van der Waals surface area contributed by atoms with E-state index in [2.05, 4.69) is 45.1 Å². The average molecular weight is 510 g/mol. The molecule has 1 aliphatic rings. The van der Waals surface area contributed by atoms with Crippen molar-refractivity contribution in [1.82, 2.24) is 25.6 Å². The predicted molar refractivity (Wildman–Crippen MR) is 145 cm³/mol. The number of amides is 2. The lowest BCUT2D eigenvalue weighted by Crippen LogP contribution is -2.40.